The molecule has 2 fully saturated rings. The SMILES string of the molecule is O=C(O)CC1(NC(=O)COc2cccc(N3CCCC3=O)c2)CCC1. The number of amides is 2. The zero-order valence-electron chi connectivity index (χ0n) is 14.0. The normalized spacial score (nSPS) is 18.6. The maximum Gasteiger partial charge on any atom is 0.305 e. The Morgan fingerprint density at radius 2 is 2.08 bits per heavy atom. The number of carbonyl (C=O) groups is 3. The first-order chi connectivity index (χ1) is 12.0. The van der Waals surface area contributed by atoms with E-state index in [9.17, 15) is 14.4 Å². The van der Waals surface area contributed by atoms with E-state index in [0.29, 0.717) is 31.6 Å². The summed E-state index contributed by atoms with van der Waals surface area (Å²) >= 11 is 0. The Hall–Kier alpha value is -2.57. The number of hydrogen-bond donors (Lipinski definition) is 2. The van der Waals surface area contributed by atoms with Crippen LogP contribution in [0.2, 0.25) is 0 Å². The van der Waals surface area contributed by atoms with E-state index in [-0.39, 0.29) is 24.8 Å². The summed E-state index contributed by atoms with van der Waals surface area (Å²) in [7, 11) is 0. The van der Waals surface area contributed by atoms with Crippen molar-refractivity contribution < 1.29 is 24.2 Å². The third-order valence-corrected chi connectivity index (χ3v) is 4.78. The molecule has 1 aromatic rings. The Morgan fingerprint density at radius 1 is 1.28 bits per heavy atom. The smallest absolute Gasteiger partial charge is 0.305 e. The molecule has 1 saturated carbocycles. The highest BCUT2D eigenvalue weighted by Gasteiger charge is 2.40. The number of carboxylic acids is 1. The molecule has 3 rings (SSSR count). The maximum atomic E-state index is 12.1. The van der Waals surface area contributed by atoms with Gasteiger partial charge in [0.2, 0.25) is 5.91 Å². The molecular weight excluding hydrogens is 324 g/mol. The molecule has 134 valence electrons. The van der Waals surface area contributed by atoms with Crippen molar-refractivity contribution >= 4 is 23.5 Å². The topological polar surface area (TPSA) is 95.9 Å². The number of benzene rings is 1. The predicted molar refractivity (Wildman–Crippen MR) is 90.5 cm³/mol. The van der Waals surface area contributed by atoms with Crippen molar-refractivity contribution in [3.05, 3.63) is 24.3 Å². The van der Waals surface area contributed by atoms with Gasteiger partial charge < -0.3 is 20.1 Å². The highest BCUT2D eigenvalue weighted by Crippen LogP contribution is 2.34. The van der Waals surface area contributed by atoms with Crippen LogP contribution in [-0.4, -0.2) is 41.6 Å². The monoisotopic (exact) mass is 346 g/mol. The minimum absolute atomic E-state index is 0.0642. The van der Waals surface area contributed by atoms with Gasteiger partial charge in [-0.2, -0.15) is 0 Å². The van der Waals surface area contributed by atoms with Gasteiger partial charge in [0.25, 0.3) is 5.91 Å². The van der Waals surface area contributed by atoms with Gasteiger partial charge in [0.1, 0.15) is 5.75 Å². The van der Waals surface area contributed by atoms with Gasteiger partial charge in [-0.15, -0.1) is 0 Å². The number of hydrogen-bond acceptors (Lipinski definition) is 4. The summed E-state index contributed by atoms with van der Waals surface area (Å²) in [6.07, 6.45) is 3.61. The van der Waals surface area contributed by atoms with Crippen LogP contribution in [0.5, 0.6) is 5.75 Å². The van der Waals surface area contributed by atoms with Crippen molar-refractivity contribution in [3.63, 3.8) is 0 Å². The van der Waals surface area contributed by atoms with Crippen LogP contribution in [0, 0.1) is 0 Å². The van der Waals surface area contributed by atoms with E-state index in [4.69, 9.17) is 9.84 Å². The highest BCUT2D eigenvalue weighted by molar-refractivity contribution is 5.95. The average Bonchev–Trinajstić information content (AvgIpc) is 2.97. The van der Waals surface area contributed by atoms with Crippen molar-refractivity contribution in [3.8, 4) is 5.75 Å². The van der Waals surface area contributed by atoms with Gasteiger partial charge in [0.15, 0.2) is 6.61 Å². The highest BCUT2D eigenvalue weighted by atomic mass is 16.5. The first kappa shape index (κ1) is 17.3. The molecule has 0 spiro atoms. The summed E-state index contributed by atoms with van der Waals surface area (Å²) in [5.41, 5.74) is 0.137. The molecule has 2 aliphatic rings. The number of nitrogens with one attached hydrogen (secondary N) is 1. The lowest BCUT2D eigenvalue weighted by molar-refractivity contribution is -0.140. The van der Waals surface area contributed by atoms with Gasteiger partial charge in [-0.05, 0) is 37.8 Å². The first-order valence-electron chi connectivity index (χ1n) is 8.53. The standard InChI is InChI=1S/C18H22N2O5/c21-15(19-18(7-3-8-18)11-17(23)24)12-25-14-5-1-4-13(10-14)20-9-2-6-16(20)22/h1,4-5,10H,2-3,6-9,11-12H2,(H,19,21)(H,23,24). The van der Waals surface area contributed by atoms with Crippen LogP contribution < -0.4 is 15.0 Å². The van der Waals surface area contributed by atoms with E-state index in [0.717, 1.165) is 18.5 Å². The van der Waals surface area contributed by atoms with E-state index in [1.54, 1.807) is 23.1 Å². The molecule has 7 nitrogen and oxygen atoms in total. The molecule has 0 atom stereocenters. The van der Waals surface area contributed by atoms with Gasteiger partial charge >= 0.3 is 5.97 Å². The van der Waals surface area contributed by atoms with Gasteiger partial charge in [0, 0.05) is 24.7 Å². The van der Waals surface area contributed by atoms with E-state index < -0.39 is 11.5 Å². The Balaban J connectivity index is 1.55. The van der Waals surface area contributed by atoms with Crippen molar-refractivity contribution in [1.29, 1.82) is 0 Å². The summed E-state index contributed by atoms with van der Waals surface area (Å²) in [5, 5.41) is 11.8. The second kappa shape index (κ2) is 7.13. The number of ether oxygens (including phenoxy) is 1. The van der Waals surface area contributed by atoms with E-state index in [1.807, 2.05) is 6.07 Å². The molecule has 2 amide bonds. The third-order valence-electron chi connectivity index (χ3n) is 4.78. The minimum Gasteiger partial charge on any atom is -0.484 e. The molecule has 0 unspecified atom stereocenters. The summed E-state index contributed by atoms with van der Waals surface area (Å²) < 4.78 is 5.53. The second-order valence-corrected chi connectivity index (χ2v) is 6.69. The fourth-order valence-electron chi connectivity index (χ4n) is 3.38. The molecule has 0 bridgehead atoms. The quantitative estimate of drug-likeness (QED) is 0.783. The van der Waals surface area contributed by atoms with Crippen LogP contribution in [0.25, 0.3) is 0 Å². The molecule has 7 heteroatoms. The van der Waals surface area contributed by atoms with Crippen LogP contribution in [-0.2, 0) is 14.4 Å². The summed E-state index contributed by atoms with van der Waals surface area (Å²) in [4.78, 5) is 36.6. The summed E-state index contributed by atoms with van der Waals surface area (Å²) in [6, 6.07) is 7.10. The van der Waals surface area contributed by atoms with Gasteiger partial charge in [-0.1, -0.05) is 6.07 Å². The van der Waals surface area contributed by atoms with Crippen molar-refractivity contribution in [2.75, 3.05) is 18.1 Å². The molecule has 1 aliphatic heterocycles. The van der Waals surface area contributed by atoms with Crippen molar-refractivity contribution in [2.24, 2.45) is 0 Å². The van der Waals surface area contributed by atoms with E-state index in [2.05, 4.69) is 5.32 Å². The molecule has 2 N–H and O–H groups in total. The zero-order chi connectivity index (χ0) is 17.9. The molecule has 1 saturated heterocycles. The fraction of sp³-hybridized carbons (Fsp3) is 0.500. The predicted octanol–water partition coefficient (Wildman–Crippen LogP) is 1.71. The fourth-order valence-corrected chi connectivity index (χ4v) is 3.38. The summed E-state index contributed by atoms with van der Waals surface area (Å²) in [5.74, 6) is -0.642. The number of anilines is 1. The van der Waals surface area contributed by atoms with Crippen LogP contribution in [0.3, 0.4) is 0 Å². The Labute approximate surface area is 146 Å². The molecule has 0 radical (unpaired) electrons. The first-order valence-corrected chi connectivity index (χ1v) is 8.53. The molecule has 1 aliphatic carbocycles. The summed E-state index contributed by atoms with van der Waals surface area (Å²) in [6.45, 7) is 0.513. The molecule has 25 heavy (non-hydrogen) atoms. The Morgan fingerprint density at radius 3 is 2.68 bits per heavy atom. The number of carbonyl (C=O) groups excluding carboxylic acids is 2. The number of aliphatic carboxylic acids is 1. The lowest BCUT2D eigenvalue weighted by Crippen LogP contribution is -2.55. The van der Waals surface area contributed by atoms with Gasteiger partial charge in [0.05, 0.1) is 12.0 Å². The lowest BCUT2D eigenvalue weighted by atomic mass is 9.74. The average molecular weight is 346 g/mol. The number of rotatable bonds is 7. The minimum atomic E-state index is -0.913. The third kappa shape index (κ3) is 4.10. The zero-order valence-corrected chi connectivity index (χ0v) is 14.0. The number of nitrogens with zero attached hydrogens (tertiary/aromatic N) is 1. The van der Waals surface area contributed by atoms with Crippen LogP contribution in [0.4, 0.5) is 5.69 Å². The van der Waals surface area contributed by atoms with E-state index >= 15 is 0 Å². The van der Waals surface area contributed by atoms with Crippen LogP contribution in [0.15, 0.2) is 24.3 Å². The van der Waals surface area contributed by atoms with Crippen LogP contribution in [0.1, 0.15) is 38.5 Å². The van der Waals surface area contributed by atoms with Gasteiger partial charge in [-0.3, -0.25) is 14.4 Å². The van der Waals surface area contributed by atoms with E-state index in [1.165, 1.54) is 0 Å². The molecular formula is C18H22N2O5. The second-order valence-electron chi connectivity index (χ2n) is 6.69. The Kier molecular flexibility index (Phi) is 4.92. The van der Waals surface area contributed by atoms with Crippen molar-refractivity contribution in [2.45, 2.75) is 44.1 Å². The molecule has 0 aromatic heterocycles. The lowest BCUT2D eigenvalue weighted by Gasteiger charge is -2.41. The largest absolute Gasteiger partial charge is 0.484 e. The number of carboxylic acid groups (broad SMARTS) is 1. The van der Waals surface area contributed by atoms with Crippen molar-refractivity contribution in [1.82, 2.24) is 5.32 Å². The molecule has 1 aromatic carbocycles. The van der Waals surface area contributed by atoms with Crippen LogP contribution >= 0.6 is 0 Å². The van der Waals surface area contributed by atoms with Gasteiger partial charge in [-0.25, -0.2) is 0 Å². The molecule has 1 heterocycles. The Bertz CT molecular complexity index is 684. The maximum absolute atomic E-state index is 12.1.